The molecule has 0 saturated carbocycles. The predicted molar refractivity (Wildman–Crippen MR) is 45.5 cm³/mol. The molecule has 1 N–H and O–H groups in total. The number of β-amino-alcohol motifs (C(OH)–C–C–N with tert-alkyl or cyclic N) is 1. The minimum absolute atomic E-state index is 0.146. The van der Waals surface area contributed by atoms with Gasteiger partial charge in [0, 0.05) is 26.4 Å². The van der Waals surface area contributed by atoms with Gasteiger partial charge < -0.3 is 5.11 Å². The maximum Gasteiger partial charge on any atom is 0.257 e. The molecule has 2 nitrogen and oxygen atoms in total. The van der Waals surface area contributed by atoms with E-state index in [0.29, 0.717) is 13.0 Å². The Bertz CT molecular complexity index is 231. The highest BCUT2D eigenvalue weighted by molar-refractivity contribution is 5.12. The topological polar surface area (TPSA) is 23.5 Å². The van der Waals surface area contributed by atoms with Crippen molar-refractivity contribution in [3.05, 3.63) is 0 Å². The van der Waals surface area contributed by atoms with E-state index < -0.39 is 11.5 Å². The van der Waals surface area contributed by atoms with Crippen LogP contribution >= 0.6 is 0 Å². The smallest absolute Gasteiger partial charge is 0.257 e. The molecule has 0 spiro atoms. The van der Waals surface area contributed by atoms with Gasteiger partial charge in [-0.2, -0.15) is 0 Å². The Kier molecular flexibility index (Phi) is 2.60. The summed E-state index contributed by atoms with van der Waals surface area (Å²) in [6.45, 7) is 1.11. The molecule has 4 heteroatoms. The number of halogens is 2. The summed E-state index contributed by atoms with van der Waals surface area (Å²) in [6, 6.07) is 0. The Morgan fingerprint density at radius 3 is 2.69 bits per heavy atom. The van der Waals surface area contributed by atoms with Crippen molar-refractivity contribution >= 4 is 0 Å². The summed E-state index contributed by atoms with van der Waals surface area (Å²) in [7, 11) is 0. The normalized spacial score (nSPS) is 30.4. The van der Waals surface area contributed by atoms with Crippen LogP contribution in [0.5, 0.6) is 0 Å². The average molecular weight is 189 g/mol. The Morgan fingerprint density at radius 1 is 1.69 bits per heavy atom. The number of alkyl halides is 2. The molecule has 1 atom stereocenters. The fraction of sp³-hybridized carbons (Fsp3) is 0.778. The summed E-state index contributed by atoms with van der Waals surface area (Å²) < 4.78 is 25.1. The quantitative estimate of drug-likeness (QED) is 0.647. The lowest BCUT2D eigenvalue weighted by molar-refractivity contribution is -0.0134. The first-order valence-corrected chi connectivity index (χ1v) is 4.15. The molecule has 74 valence electrons. The van der Waals surface area contributed by atoms with Crippen molar-refractivity contribution in [1.82, 2.24) is 4.90 Å². The van der Waals surface area contributed by atoms with Crippen LogP contribution in [0.15, 0.2) is 0 Å². The third-order valence-electron chi connectivity index (χ3n) is 2.10. The summed E-state index contributed by atoms with van der Waals surface area (Å²) in [4.78, 5) is 1.49. The highest BCUT2D eigenvalue weighted by Crippen LogP contribution is 2.23. The molecule has 0 aliphatic carbocycles. The Morgan fingerprint density at radius 2 is 2.31 bits per heavy atom. The second-order valence-electron chi connectivity index (χ2n) is 3.71. The predicted octanol–water partition coefficient (Wildman–Crippen LogP) is 0.712. The van der Waals surface area contributed by atoms with E-state index in [1.165, 1.54) is 4.90 Å². The van der Waals surface area contributed by atoms with E-state index >= 15 is 0 Å². The lowest BCUT2D eigenvalue weighted by Crippen LogP contribution is -2.37. The number of rotatable bonds is 2. The fourth-order valence-corrected chi connectivity index (χ4v) is 1.52. The molecule has 1 rings (SSSR count). The lowest BCUT2D eigenvalue weighted by atomic mass is 10.1. The van der Waals surface area contributed by atoms with Gasteiger partial charge in [0.2, 0.25) is 0 Å². The second kappa shape index (κ2) is 3.24. The molecule has 0 amide bonds. The van der Waals surface area contributed by atoms with Gasteiger partial charge in [-0.1, -0.05) is 5.92 Å². The third-order valence-corrected chi connectivity index (χ3v) is 2.10. The van der Waals surface area contributed by atoms with Crippen LogP contribution < -0.4 is 0 Å². The van der Waals surface area contributed by atoms with Gasteiger partial charge in [0.1, 0.15) is 5.60 Å². The van der Waals surface area contributed by atoms with E-state index in [9.17, 15) is 13.9 Å². The minimum Gasteiger partial charge on any atom is -0.376 e. The molecule has 0 aromatic carbocycles. The summed E-state index contributed by atoms with van der Waals surface area (Å²) >= 11 is 0. The van der Waals surface area contributed by atoms with Crippen molar-refractivity contribution in [2.24, 2.45) is 0 Å². The summed E-state index contributed by atoms with van der Waals surface area (Å²) in [5.41, 5.74) is -1.20. The molecular formula is C9H13F2NO. The van der Waals surface area contributed by atoms with Crippen LogP contribution in [0.3, 0.4) is 0 Å². The van der Waals surface area contributed by atoms with Crippen molar-refractivity contribution in [2.75, 3.05) is 19.6 Å². The number of hydrogen-bond donors (Lipinski definition) is 1. The molecule has 0 aromatic rings. The van der Waals surface area contributed by atoms with Gasteiger partial charge in [0.25, 0.3) is 5.92 Å². The highest BCUT2D eigenvalue weighted by atomic mass is 19.3. The summed E-state index contributed by atoms with van der Waals surface area (Å²) in [5, 5.41) is 9.54. The lowest BCUT2D eigenvalue weighted by Gasteiger charge is -2.21. The average Bonchev–Trinajstić information content (AvgIpc) is 2.30. The van der Waals surface area contributed by atoms with Crippen LogP contribution in [-0.2, 0) is 0 Å². The van der Waals surface area contributed by atoms with Gasteiger partial charge >= 0.3 is 0 Å². The van der Waals surface area contributed by atoms with Gasteiger partial charge in [-0.15, -0.1) is 6.42 Å². The van der Waals surface area contributed by atoms with E-state index in [1.807, 2.05) is 0 Å². The van der Waals surface area contributed by atoms with E-state index in [-0.39, 0.29) is 13.1 Å². The van der Waals surface area contributed by atoms with Crippen molar-refractivity contribution in [2.45, 2.75) is 24.9 Å². The number of likely N-dealkylation sites (tertiary alicyclic amines) is 1. The fourth-order valence-electron chi connectivity index (χ4n) is 1.52. The van der Waals surface area contributed by atoms with Crippen LogP contribution in [-0.4, -0.2) is 41.2 Å². The molecule has 1 unspecified atom stereocenters. The van der Waals surface area contributed by atoms with Crippen LogP contribution in [0.1, 0.15) is 13.3 Å². The molecule has 1 fully saturated rings. The van der Waals surface area contributed by atoms with E-state index in [4.69, 9.17) is 6.42 Å². The Labute approximate surface area is 76.5 Å². The molecule has 0 radical (unpaired) electrons. The standard InChI is InChI=1S/C9H13F2NO/c1-3-9(13)4-5-12(7-9)6-8(2,10)11/h1,13H,4-7H2,2H3. The van der Waals surface area contributed by atoms with Crippen molar-refractivity contribution < 1.29 is 13.9 Å². The maximum atomic E-state index is 12.6. The SMILES string of the molecule is C#CC1(O)CCN(CC(C)(F)F)C1. The monoisotopic (exact) mass is 189 g/mol. The molecule has 1 saturated heterocycles. The number of aliphatic hydroxyl groups is 1. The van der Waals surface area contributed by atoms with Crippen molar-refractivity contribution in [1.29, 1.82) is 0 Å². The third kappa shape index (κ3) is 2.94. The molecule has 0 bridgehead atoms. The maximum absolute atomic E-state index is 12.6. The second-order valence-corrected chi connectivity index (χ2v) is 3.71. The van der Waals surface area contributed by atoms with Crippen molar-refractivity contribution in [3.63, 3.8) is 0 Å². The van der Waals surface area contributed by atoms with E-state index in [2.05, 4.69) is 5.92 Å². The van der Waals surface area contributed by atoms with Crippen molar-refractivity contribution in [3.8, 4) is 12.3 Å². The van der Waals surface area contributed by atoms with Gasteiger partial charge in [-0.3, -0.25) is 4.90 Å². The van der Waals surface area contributed by atoms with Crippen LogP contribution in [0.4, 0.5) is 8.78 Å². The van der Waals surface area contributed by atoms with Gasteiger partial charge in [-0.25, -0.2) is 8.78 Å². The number of terminal acetylenes is 1. The largest absolute Gasteiger partial charge is 0.376 e. The zero-order chi connectivity index (χ0) is 10.1. The molecule has 1 aliphatic heterocycles. The first-order valence-electron chi connectivity index (χ1n) is 4.15. The van der Waals surface area contributed by atoms with E-state index in [0.717, 1.165) is 6.92 Å². The summed E-state index contributed by atoms with van der Waals surface area (Å²) in [6.07, 6.45) is 5.45. The van der Waals surface area contributed by atoms with E-state index in [1.54, 1.807) is 0 Å². The molecule has 1 heterocycles. The first-order chi connectivity index (χ1) is 5.85. The van der Waals surface area contributed by atoms with Crippen LogP contribution in [0.25, 0.3) is 0 Å². The highest BCUT2D eigenvalue weighted by Gasteiger charge is 2.37. The Hall–Kier alpha value is -0.660. The summed E-state index contributed by atoms with van der Waals surface area (Å²) in [5.74, 6) is -0.497. The van der Waals surface area contributed by atoms with Gasteiger partial charge in [-0.05, 0) is 0 Å². The molecular weight excluding hydrogens is 176 g/mol. The minimum atomic E-state index is -2.72. The molecule has 1 aliphatic rings. The first kappa shape index (κ1) is 10.4. The van der Waals surface area contributed by atoms with Crippen LogP contribution in [0.2, 0.25) is 0 Å². The van der Waals surface area contributed by atoms with Gasteiger partial charge in [0.15, 0.2) is 0 Å². The number of hydrogen-bond acceptors (Lipinski definition) is 2. The van der Waals surface area contributed by atoms with Gasteiger partial charge in [0.05, 0.1) is 6.54 Å². The zero-order valence-corrected chi connectivity index (χ0v) is 7.56. The van der Waals surface area contributed by atoms with Crippen LogP contribution in [0, 0.1) is 12.3 Å². The Balaban J connectivity index is 2.48. The number of nitrogens with zero attached hydrogens (tertiary/aromatic N) is 1. The zero-order valence-electron chi connectivity index (χ0n) is 7.56. The molecule has 0 aromatic heterocycles. The molecule has 13 heavy (non-hydrogen) atoms.